The Hall–Kier alpha value is -1.58. The van der Waals surface area contributed by atoms with Crippen molar-refractivity contribution in [2.75, 3.05) is 0 Å². The van der Waals surface area contributed by atoms with E-state index in [2.05, 4.69) is 21.0 Å². The highest BCUT2D eigenvalue weighted by molar-refractivity contribution is 9.10. The lowest BCUT2D eigenvalue weighted by atomic mass is 10.1. The molecule has 0 saturated heterocycles. The van der Waals surface area contributed by atoms with E-state index in [1.165, 1.54) is 0 Å². The Kier molecular flexibility index (Phi) is 3.40. The summed E-state index contributed by atoms with van der Waals surface area (Å²) in [7, 11) is 0. The van der Waals surface area contributed by atoms with Gasteiger partial charge in [0.1, 0.15) is 0 Å². The van der Waals surface area contributed by atoms with Gasteiger partial charge in [0.15, 0.2) is 0 Å². The number of aromatic nitrogens is 2. The maximum atomic E-state index is 5.89. The average Bonchev–Trinajstić information content (AvgIpc) is 2.89. The van der Waals surface area contributed by atoms with Gasteiger partial charge >= 0.3 is 0 Å². The smallest absolute Gasteiger partial charge is 0.0657 e. The summed E-state index contributed by atoms with van der Waals surface area (Å²) in [5.74, 6) is 0. The summed E-state index contributed by atoms with van der Waals surface area (Å²) in [6.45, 7) is 0. The monoisotopic (exact) mass is 332 g/mol. The van der Waals surface area contributed by atoms with E-state index >= 15 is 0 Å². The van der Waals surface area contributed by atoms with Crippen molar-refractivity contribution in [3.8, 4) is 16.8 Å². The molecule has 0 atom stereocenters. The molecule has 0 saturated carbocycles. The molecule has 94 valence electrons. The van der Waals surface area contributed by atoms with E-state index in [1.54, 1.807) is 0 Å². The first-order valence-corrected chi connectivity index (χ1v) is 6.96. The molecule has 3 rings (SSSR count). The van der Waals surface area contributed by atoms with Gasteiger partial charge in [-0.05, 0) is 35.9 Å². The van der Waals surface area contributed by atoms with Gasteiger partial charge in [-0.25, -0.2) is 4.68 Å². The van der Waals surface area contributed by atoms with Gasteiger partial charge < -0.3 is 0 Å². The molecule has 4 heteroatoms. The van der Waals surface area contributed by atoms with Crippen LogP contribution in [0.3, 0.4) is 0 Å². The van der Waals surface area contributed by atoms with E-state index < -0.39 is 0 Å². The Labute approximate surface area is 124 Å². The summed E-state index contributed by atoms with van der Waals surface area (Å²) in [5.41, 5.74) is 3.19. The standard InChI is InChI=1S/C15H10BrClN2/c16-13-2-1-3-15(8-13)19-10-12(9-18-19)11-4-6-14(17)7-5-11/h1-10H. The van der Waals surface area contributed by atoms with Crippen LogP contribution in [0.4, 0.5) is 0 Å². The number of hydrogen-bond donors (Lipinski definition) is 0. The first kappa shape index (κ1) is 12.5. The van der Waals surface area contributed by atoms with E-state index in [-0.39, 0.29) is 0 Å². The second-order valence-electron chi connectivity index (χ2n) is 4.16. The molecular weight excluding hydrogens is 324 g/mol. The predicted octanol–water partition coefficient (Wildman–Crippen LogP) is 4.96. The Morgan fingerprint density at radius 1 is 1.00 bits per heavy atom. The zero-order valence-electron chi connectivity index (χ0n) is 9.92. The van der Waals surface area contributed by atoms with Crippen molar-refractivity contribution in [3.63, 3.8) is 0 Å². The van der Waals surface area contributed by atoms with Crippen LogP contribution in [0.25, 0.3) is 16.8 Å². The third kappa shape index (κ3) is 2.72. The highest BCUT2D eigenvalue weighted by Gasteiger charge is 2.03. The zero-order chi connectivity index (χ0) is 13.2. The van der Waals surface area contributed by atoms with Crippen LogP contribution in [0.2, 0.25) is 5.02 Å². The number of hydrogen-bond acceptors (Lipinski definition) is 1. The lowest BCUT2D eigenvalue weighted by Gasteiger charge is -2.01. The van der Waals surface area contributed by atoms with Crippen molar-refractivity contribution < 1.29 is 0 Å². The minimum absolute atomic E-state index is 0.739. The van der Waals surface area contributed by atoms with Crippen molar-refractivity contribution in [2.24, 2.45) is 0 Å². The third-order valence-corrected chi connectivity index (χ3v) is 3.58. The molecule has 3 aromatic rings. The Morgan fingerprint density at radius 2 is 1.79 bits per heavy atom. The van der Waals surface area contributed by atoms with Crippen LogP contribution >= 0.6 is 27.5 Å². The van der Waals surface area contributed by atoms with Crippen LogP contribution in [0.1, 0.15) is 0 Å². The third-order valence-electron chi connectivity index (χ3n) is 2.83. The van der Waals surface area contributed by atoms with E-state index in [9.17, 15) is 0 Å². The molecule has 2 aromatic carbocycles. The molecule has 0 N–H and O–H groups in total. The highest BCUT2D eigenvalue weighted by atomic mass is 79.9. The van der Waals surface area contributed by atoms with Crippen LogP contribution < -0.4 is 0 Å². The summed E-state index contributed by atoms with van der Waals surface area (Å²) in [6, 6.07) is 15.8. The van der Waals surface area contributed by atoms with Crippen LogP contribution in [0.15, 0.2) is 65.4 Å². The van der Waals surface area contributed by atoms with Gasteiger partial charge in [-0.3, -0.25) is 0 Å². The van der Waals surface area contributed by atoms with E-state index in [1.807, 2.05) is 65.6 Å². The van der Waals surface area contributed by atoms with Crippen molar-refractivity contribution in [2.45, 2.75) is 0 Å². The van der Waals surface area contributed by atoms with Gasteiger partial charge in [-0.2, -0.15) is 5.10 Å². The SMILES string of the molecule is Clc1ccc(-c2cnn(-c3cccc(Br)c3)c2)cc1. The van der Waals surface area contributed by atoms with Crippen molar-refractivity contribution in [3.05, 3.63) is 70.4 Å². The first-order valence-electron chi connectivity index (χ1n) is 5.79. The quantitative estimate of drug-likeness (QED) is 0.648. The van der Waals surface area contributed by atoms with Crippen molar-refractivity contribution >= 4 is 27.5 Å². The summed E-state index contributed by atoms with van der Waals surface area (Å²) in [6.07, 6.45) is 3.86. The van der Waals surface area contributed by atoms with Gasteiger partial charge in [0.05, 0.1) is 11.9 Å². The second kappa shape index (κ2) is 5.19. The minimum atomic E-state index is 0.739. The molecule has 0 fully saturated rings. The van der Waals surface area contributed by atoms with Gasteiger partial charge in [0.25, 0.3) is 0 Å². The molecule has 1 heterocycles. The van der Waals surface area contributed by atoms with Gasteiger partial charge in [-0.1, -0.05) is 45.7 Å². The molecule has 0 spiro atoms. The van der Waals surface area contributed by atoms with E-state index in [0.29, 0.717) is 0 Å². The molecule has 0 radical (unpaired) electrons. The lowest BCUT2D eigenvalue weighted by Crippen LogP contribution is -1.93. The van der Waals surface area contributed by atoms with E-state index in [0.717, 1.165) is 26.3 Å². The van der Waals surface area contributed by atoms with Gasteiger partial charge in [-0.15, -0.1) is 0 Å². The number of nitrogens with zero attached hydrogens (tertiary/aromatic N) is 2. The van der Waals surface area contributed by atoms with Crippen LogP contribution in [-0.4, -0.2) is 9.78 Å². The fourth-order valence-electron chi connectivity index (χ4n) is 1.87. The summed E-state index contributed by atoms with van der Waals surface area (Å²) in [4.78, 5) is 0. The molecular formula is C15H10BrClN2. The average molecular weight is 334 g/mol. The summed E-state index contributed by atoms with van der Waals surface area (Å²) < 4.78 is 2.89. The molecule has 19 heavy (non-hydrogen) atoms. The summed E-state index contributed by atoms with van der Waals surface area (Å²) >= 11 is 9.35. The normalized spacial score (nSPS) is 10.6. The maximum Gasteiger partial charge on any atom is 0.0657 e. The van der Waals surface area contributed by atoms with Crippen molar-refractivity contribution in [1.29, 1.82) is 0 Å². The van der Waals surface area contributed by atoms with Gasteiger partial charge in [0, 0.05) is 21.3 Å². The first-order chi connectivity index (χ1) is 9.22. The Bertz CT molecular complexity index is 704. The van der Waals surface area contributed by atoms with Crippen LogP contribution in [0.5, 0.6) is 0 Å². The van der Waals surface area contributed by atoms with Crippen LogP contribution in [0, 0.1) is 0 Å². The molecule has 0 amide bonds. The Morgan fingerprint density at radius 3 is 2.53 bits per heavy atom. The maximum absolute atomic E-state index is 5.89. The highest BCUT2D eigenvalue weighted by Crippen LogP contribution is 2.22. The molecule has 1 aromatic heterocycles. The largest absolute Gasteiger partial charge is 0.240 e. The fraction of sp³-hybridized carbons (Fsp3) is 0. The molecule has 0 aliphatic heterocycles. The zero-order valence-corrected chi connectivity index (χ0v) is 12.3. The lowest BCUT2D eigenvalue weighted by molar-refractivity contribution is 0.880. The number of rotatable bonds is 2. The predicted molar refractivity (Wildman–Crippen MR) is 81.7 cm³/mol. The molecule has 0 bridgehead atoms. The molecule has 2 nitrogen and oxygen atoms in total. The number of benzene rings is 2. The molecule has 0 aliphatic carbocycles. The topological polar surface area (TPSA) is 17.8 Å². The van der Waals surface area contributed by atoms with Gasteiger partial charge in [0.2, 0.25) is 0 Å². The second-order valence-corrected chi connectivity index (χ2v) is 5.51. The number of halogens is 2. The fourth-order valence-corrected chi connectivity index (χ4v) is 2.39. The summed E-state index contributed by atoms with van der Waals surface area (Å²) in [5, 5.41) is 5.13. The van der Waals surface area contributed by atoms with Crippen LogP contribution in [-0.2, 0) is 0 Å². The minimum Gasteiger partial charge on any atom is -0.240 e. The van der Waals surface area contributed by atoms with E-state index in [4.69, 9.17) is 11.6 Å². The van der Waals surface area contributed by atoms with Crippen molar-refractivity contribution in [1.82, 2.24) is 9.78 Å². The molecule has 0 aliphatic rings. The molecule has 0 unspecified atom stereocenters. The Balaban J connectivity index is 1.97.